The highest BCUT2D eigenvalue weighted by Gasteiger charge is 2.39. The molecule has 0 saturated carbocycles. The third kappa shape index (κ3) is 6.91. The lowest BCUT2D eigenvalue weighted by molar-refractivity contribution is 0.0696. The maximum absolute atomic E-state index is 5.85. The molecule has 0 spiro atoms. The van der Waals surface area contributed by atoms with Crippen molar-refractivity contribution in [3.8, 4) is 11.5 Å². The van der Waals surface area contributed by atoms with Gasteiger partial charge in [-0.1, -0.05) is 12.1 Å². The summed E-state index contributed by atoms with van der Waals surface area (Å²) in [6.45, 7) is 10.9. The van der Waals surface area contributed by atoms with Crippen molar-refractivity contribution in [2.45, 2.75) is 40.2 Å². The number of hydrogen-bond donors (Lipinski definition) is 0. The molecule has 1 rings (SSSR count). The predicted molar refractivity (Wildman–Crippen MR) is 93.2 cm³/mol. The molecule has 0 aliphatic heterocycles. The largest absolute Gasteiger partial charge is 0.501 e. The molecular formula is C17H30O5Si. The van der Waals surface area contributed by atoms with E-state index in [1.54, 1.807) is 0 Å². The molecule has 1 aromatic rings. The number of para-hydroxylation sites is 2. The van der Waals surface area contributed by atoms with Crippen molar-refractivity contribution in [2.75, 3.05) is 33.0 Å². The number of ether oxygens (including phenoxy) is 2. The van der Waals surface area contributed by atoms with Crippen molar-refractivity contribution < 1.29 is 22.8 Å². The average molecular weight is 343 g/mol. The van der Waals surface area contributed by atoms with Crippen molar-refractivity contribution in [2.24, 2.45) is 0 Å². The maximum atomic E-state index is 5.85. The smallest absolute Gasteiger partial charge is 0.490 e. The van der Waals surface area contributed by atoms with Gasteiger partial charge in [-0.25, -0.2) is 0 Å². The third-order valence-electron chi connectivity index (χ3n) is 3.13. The Morgan fingerprint density at radius 2 is 1.26 bits per heavy atom. The second kappa shape index (κ2) is 11.5. The van der Waals surface area contributed by atoms with E-state index in [9.17, 15) is 0 Å². The van der Waals surface area contributed by atoms with Crippen LogP contribution in [0.1, 0.15) is 34.1 Å². The molecule has 23 heavy (non-hydrogen) atoms. The van der Waals surface area contributed by atoms with E-state index in [0.29, 0.717) is 33.0 Å². The first-order valence-electron chi connectivity index (χ1n) is 8.47. The third-order valence-corrected chi connectivity index (χ3v) is 6.28. The van der Waals surface area contributed by atoms with Crippen LogP contribution in [0.2, 0.25) is 6.04 Å². The Morgan fingerprint density at radius 1 is 0.739 bits per heavy atom. The fraction of sp³-hybridized carbons (Fsp3) is 0.647. The molecule has 0 atom stereocenters. The van der Waals surface area contributed by atoms with E-state index < -0.39 is 8.80 Å². The van der Waals surface area contributed by atoms with Crippen LogP contribution in [0, 0.1) is 0 Å². The van der Waals surface area contributed by atoms with Gasteiger partial charge >= 0.3 is 8.80 Å². The number of rotatable bonds is 13. The van der Waals surface area contributed by atoms with Gasteiger partial charge in [0.1, 0.15) is 0 Å². The first-order valence-corrected chi connectivity index (χ1v) is 10.4. The van der Waals surface area contributed by atoms with E-state index >= 15 is 0 Å². The van der Waals surface area contributed by atoms with Crippen LogP contribution >= 0.6 is 0 Å². The minimum atomic E-state index is -2.57. The highest BCUT2D eigenvalue weighted by atomic mass is 28.4. The highest BCUT2D eigenvalue weighted by molar-refractivity contribution is 6.60. The summed E-state index contributed by atoms with van der Waals surface area (Å²) in [6, 6.07) is 8.47. The molecule has 0 saturated heterocycles. The topological polar surface area (TPSA) is 46.2 Å². The van der Waals surface area contributed by atoms with Gasteiger partial charge in [0.25, 0.3) is 0 Å². The summed E-state index contributed by atoms with van der Waals surface area (Å²) >= 11 is 0. The van der Waals surface area contributed by atoms with Gasteiger partial charge in [-0.2, -0.15) is 0 Å². The molecule has 0 N–H and O–H groups in total. The standard InChI is InChI=1S/C17H30O5Si/c1-5-18-16-12-9-10-13-17(16)19-14-11-15-23(20-6-2,21-7-3)22-8-4/h9-10,12-13H,5-8,11,14-15H2,1-4H3. The molecule has 5 nitrogen and oxygen atoms in total. The van der Waals surface area contributed by atoms with Crippen LogP contribution in [0.3, 0.4) is 0 Å². The minimum absolute atomic E-state index is 0.575. The summed E-state index contributed by atoms with van der Waals surface area (Å²) in [7, 11) is -2.57. The highest BCUT2D eigenvalue weighted by Crippen LogP contribution is 2.27. The molecule has 0 radical (unpaired) electrons. The predicted octanol–water partition coefficient (Wildman–Crippen LogP) is 3.90. The Kier molecular flexibility index (Phi) is 9.94. The molecule has 6 heteroatoms. The summed E-state index contributed by atoms with van der Waals surface area (Å²) in [5.41, 5.74) is 0. The van der Waals surface area contributed by atoms with Crippen molar-refractivity contribution in [3.05, 3.63) is 24.3 Å². The minimum Gasteiger partial charge on any atom is -0.490 e. The summed E-state index contributed by atoms with van der Waals surface area (Å²) in [6.07, 6.45) is 0.812. The molecule has 132 valence electrons. The quantitative estimate of drug-likeness (QED) is 0.402. The van der Waals surface area contributed by atoms with Gasteiger partial charge in [0.15, 0.2) is 11.5 Å². The van der Waals surface area contributed by atoms with E-state index in [0.717, 1.165) is 24.0 Å². The Hall–Kier alpha value is -1.08. The van der Waals surface area contributed by atoms with Crippen LogP contribution in [0.5, 0.6) is 11.5 Å². The van der Waals surface area contributed by atoms with Gasteiger partial charge < -0.3 is 22.8 Å². The van der Waals surface area contributed by atoms with Gasteiger partial charge in [0, 0.05) is 25.9 Å². The maximum Gasteiger partial charge on any atom is 0.501 e. The van der Waals surface area contributed by atoms with Crippen LogP contribution in [0.4, 0.5) is 0 Å². The molecule has 0 bridgehead atoms. The Bertz CT molecular complexity index is 410. The summed E-state index contributed by atoms with van der Waals surface area (Å²) in [4.78, 5) is 0. The van der Waals surface area contributed by atoms with Crippen LogP contribution in [-0.4, -0.2) is 41.8 Å². The Morgan fingerprint density at radius 3 is 1.74 bits per heavy atom. The number of benzene rings is 1. The molecule has 0 aliphatic rings. The summed E-state index contributed by atoms with van der Waals surface area (Å²) in [5.74, 6) is 1.55. The molecule has 0 aromatic heterocycles. The Labute approximate surface area is 141 Å². The van der Waals surface area contributed by atoms with Crippen molar-refractivity contribution in [3.63, 3.8) is 0 Å². The van der Waals surface area contributed by atoms with Crippen molar-refractivity contribution in [1.82, 2.24) is 0 Å². The second-order valence-corrected chi connectivity index (χ2v) is 7.55. The van der Waals surface area contributed by atoms with E-state index in [-0.39, 0.29) is 0 Å². The van der Waals surface area contributed by atoms with E-state index in [2.05, 4.69) is 0 Å². The fourth-order valence-corrected chi connectivity index (χ4v) is 4.90. The molecule has 0 unspecified atom stereocenters. The lowest BCUT2D eigenvalue weighted by Gasteiger charge is -2.28. The van der Waals surface area contributed by atoms with Gasteiger partial charge in [-0.15, -0.1) is 0 Å². The summed E-state index contributed by atoms with van der Waals surface area (Å²) in [5, 5.41) is 0. The SMILES string of the molecule is CCOc1ccccc1OCCC[Si](OCC)(OCC)OCC. The fourth-order valence-electron chi connectivity index (χ4n) is 2.32. The van der Waals surface area contributed by atoms with E-state index in [1.165, 1.54) is 0 Å². The monoisotopic (exact) mass is 342 g/mol. The van der Waals surface area contributed by atoms with Gasteiger partial charge in [0.2, 0.25) is 0 Å². The lowest BCUT2D eigenvalue weighted by atomic mass is 10.3. The first-order chi connectivity index (χ1) is 11.2. The van der Waals surface area contributed by atoms with Crippen molar-refractivity contribution >= 4 is 8.80 Å². The van der Waals surface area contributed by atoms with E-state index in [1.807, 2.05) is 52.0 Å². The summed E-state index contributed by atoms with van der Waals surface area (Å²) < 4.78 is 28.9. The van der Waals surface area contributed by atoms with Crippen LogP contribution in [0.15, 0.2) is 24.3 Å². The van der Waals surface area contributed by atoms with Crippen LogP contribution in [0.25, 0.3) is 0 Å². The van der Waals surface area contributed by atoms with Gasteiger partial charge in [-0.3, -0.25) is 0 Å². The second-order valence-electron chi connectivity index (χ2n) is 4.81. The van der Waals surface area contributed by atoms with Crippen LogP contribution in [-0.2, 0) is 13.3 Å². The molecule has 0 amide bonds. The average Bonchev–Trinajstić information content (AvgIpc) is 2.54. The normalized spacial score (nSPS) is 11.5. The molecule has 0 heterocycles. The van der Waals surface area contributed by atoms with Gasteiger partial charge in [0.05, 0.1) is 13.2 Å². The zero-order valence-electron chi connectivity index (χ0n) is 14.8. The Balaban J connectivity index is 2.53. The molecule has 1 aromatic carbocycles. The van der Waals surface area contributed by atoms with Gasteiger partial charge in [-0.05, 0) is 46.2 Å². The zero-order valence-corrected chi connectivity index (χ0v) is 15.8. The van der Waals surface area contributed by atoms with Crippen LogP contribution < -0.4 is 9.47 Å². The number of hydrogen-bond acceptors (Lipinski definition) is 5. The van der Waals surface area contributed by atoms with Crippen molar-refractivity contribution in [1.29, 1.82) is 0 Å². The molecule has 0 fully saturated rings. The van der Waals surface area contributed by atoms with E-state index in [4.69, 9.17) is 22.8 Å². The lowest BCUT2D eigenvalue weighted by Crippen LogP contribution is -2.46. The zero-order chi connectivity index (χ0) is 17.0. The molecular weight excluding hydrogens is 312 g/mol. The first kappa shape index (κ1) is 20.0. The molecule has 0 aliphatic carbocycles.